The average Bonchev–Trinajstić information content (AvgIpc) is 1.94. The zero-order valence-corrected chi connectivity index (χ0v) is 29.5. The van der Waals surface area contributed by atoms with Crippen LogP contribution in [0.25, 0.3) is 0 Å². The molecule has 0 aliphatic heterocycles. The Balaban J connectivity index is -0.00000000595. The van der Waals surface area contributed by atoms with Gasteiger partial charge in [-0.05, 0) is 30.8 Å². The summed E-state index contributed by atoms with van der Waals surface area (Å²) in [7, 11) is 0. The van der Waals surface area contributed by atoms with Crippen LogP contribution < -0.4 is 74.6 Å². The SMILES string of the molecule is O=C([O-])[O-].O=C([O-])[O-].O=C([O-])[O-].O=C([O-])[O-].O=C([O-])[O-].[Ca+2].[Ca+2].[Ca+2].[F-].[F-].[F-].[F-].[F-].[Y+3].[Y+3].[Y+3]. The van der Waals surface area contributed by atoms with E-state index in [2.05, 4.69) is 0 Å². The molecule has 0 aromatic carbocycles. The molecular weight excluding hydrogens is 782 g/mol. The van der Waals surface area contributed by atoms with Crippen LogP contribution in [0, 0.1) is 0 Å². The quantitative estimate of drug-likeness (QED) is 0.163. The van der Waals surface area contributed by atoms with Gasteiger partial charge in [0.1, 0.15) is 0 Å². The Bertz CT molecular complexity index is 247. The van der Waals surface area contributed by atoms with Gasteiger partial charge < -0.3 is 98.6 Å². The van der Waals surface area contributed by atoms with Gasteiger partial charge in [-0.15, -0.1) is 0 Å². The Hall–Kier alpha value is 3.09. The van der Waals surface area contributed by atoms with Gasteiger partial charge in [-0.3, -0.25) is 0 Å². The van der Waals surface area contributed by atoms with Crippen LogP contribution in [0.4, 0.5) is 24.0 Å². The van der Waals surface area contributed by atoms with Gasteiger partial charge in [0.15, 0.2) is 0 Å². The summed E-state index contributed by atoms with van der Waals surface area (Å²) in [6.45, 7) is 0. The van der Waals surface area contributed by atoms with Crippen molar-refractivity contribution in [2.75, 3.05) is 0 Å². The van der Waals surface area contributed by atoms with Crippen LogP contribution in [0.3, 0.4) is 0 Å². The summed E-state index contributed by atoms with van der Waals surface area (Å²) in [6, 6.07) is 0. The third-order valence-electron chi connectivity index (χ3n) is 0. The van der Waals surface area contributed by atoms with Gasteiger partial charge in [-0.1, -0.05) is 0 Å². The molecule has 0 rings (SSSR count). The Morgan fingerprint density at radius 1 is 0.290 bits per heavy atom. The van der Waals surface area contributed by atoms with E-state index in [9.17, 15) is 0 Å². The average molecular weight is 782 g/mol. The minimum absolute atomic E-state index is 0. The topological polar surface area (TPSA) is 316 Å². The van der Waals surface area contributed by atoms with E-state index in [0.29, 0.717) is 0 Å². The normalized spacial score (nSPS) is 3.87. The van der Waals surface area contributed by atoms with Gasteiger partial charge in [0.05, 0.1) is 0 Å². The minimum atomic E-state index is -2.33. The molecule has 0 aromatic rings. The van der Waals surface area contributed by atoms with Crippen molar-refractivity contribution in [3.8, 4) is 0 Å². The van der Waals surface area contributed by atoms with Crippen molar-refractivity contribution in [1.29, 1.82) is 0 Å². The second-order valence-electron chi connectivity index (χ2n) is 1.25. The molecular formula is C5Ca3F5O15Y3. The number of carbonyl (C=O) groups excluding carboxylic acids is 5. The Morgan fingerprint density at radius 2 is 0.290 bits per heavy atom. The Labute approximate surface area is 333 Å². The smallest absolute Gasteiger partial charge is 1.00 e. The molecule has 0 bridgehead atoms. The van der Waals surface area contributed by atoms with E-state index in [-0.39, 0.29) is 235 Å². The molecule has 0 fully saturated rings. The predicted molar refractivity (Wildman–Crippen MR) is 44.2 cm³/mol. The molecule has 0 atom stereocenters. The summed E-state index contributed by atoms with van der Waals surface area (Å²) in [6.07, 6.45) is -11.7. The monoisotopic (exact) mass is 782 g/mol. The van der Waals surface area contributed by atoms with Crippen LogP contribution in [0.1, 0.15) is 0 Å². The summed E-state index contributed by atoms with van der Waals surface area (Å²) >= 11 is 0. The molecule has 160 valence electrons. The number of hydrogen-bond donors (Lipinski definition) is 0. The first-order valence-electron chi connectivity index (χ1n) is 3.06. The molecule has 0 aliphatic rings. The maximum Gasteiger partial charge on any atom is 3.00 e. The van der Waals surface area contributed by atoms with E-state index in [1.807, 2.05) is 0 Å². The van der Waals surface area contributed by atoms with E-state index >= 15 is 0 Å². The molecule has 0 amide bonds. The van der Waals surface area contributed by atoms with Crippen LogP contribution in [-0.2, 0) is 98.1 Å². The molecule has 0 N–H and O–H groups in total. The Kier molecular flexibility index (Phi) is 383. The van der Waals surface area contributed by atoms with Crippen molar-refractivity contribution < 1.29 is 197 Å². The Morgan fingerprint density at radius 3 is 0.290 bits per heavy atom. The van der Waals surface area contributed by atoms with Crippen molar-refractivity contribution in [2.45, 2.75) is 0 Å². The van der Waals surface area contributed by atoms with E-state index in [1.54, 1.807) is 0 Å². The van der Waals surface area contributed by atoms with Crippen LogP contribution in [-0.4, -0.2) is 144 Å². The first-order chi connectivity index (χ1) is 8.66. The van der Waals surface area contributed by atoms with Crippen LogP contribution >= 0.6 is 0 Å². The van der Waals surface area contributed by atoms with E-state index < -0.39 is 30.8 Å². The van der Waals surface area contributed by atoms with E-state index in [0.717, 1.165) is 0 Å². The molecule has 0 radical (unpaired) electrons. The molecule has 31 heavy (non-hydrogen) atoms. The zero-order chi connectivity index (χ0) is 17.9. The fraction of sp³-hybridized carbons (Fsp3) is 0. The molecule has 0 spiro atoms. The van der Waals surface area contributed by atoms with Gasteiger partial charge in [-0.2, -0.15) is 0 Å². The summed E-state index contributed by atoms with van der Waals surface area (Å²) < 4.78 is 0. The number of carboxylic acid groups (broad SMARTS) is 10. The molecule has 26 heteroatoms. The van der Waals surface area contributed by atoms with Crippen molar-refractivity contribution in [2.24, 2.45) is 0 Å². The van der Waals surface area contributed by atoms with Crippen molar-refractivity contribution in [3.63, 3.8) is 0 Å². The maximum absolute atomic E-state index is 8.33. The van der Waals surface area contributed by atoms with Crippen molar-refractivity contribution >= 4 is 144 Å². The fourth-order valence-corrected chi connectivity index (χ4v) is 0. The standard InChI is InChI=1S/5CH2O3.3Ca.5FH.3Y/c5*2-1(3)4;;;;;;;;;;;/h5*(H2,2,3,4);;;;5*1H;;;/q;;;;;3*+2;;;;;;3*+3/p-15. The summed E-state index contributed by atoms with van der Waals surface area (Å²) in [5, 5.41) is 83.3. The third kappa shape index (κ3) is 3350. The number of carbonyl (C=O) groups is 5. The van der Waals surface area contributed by atoms with Crippen LogP contribution in [0.15, 0.2) is 0 Å². The number of halogens is 5. The molecule has 0 aliphatic carbocycles. The molecule has 0 heterocycles. The summed E-state index contributed by atoms with van der Waals surface area (Å²) in [5.74, 6) is 0. The minimum Gasteiger partial charge on any atom is -1.00 e. The summed E-state index contributed by atoms with van der Waals surface area (Å²) in [4.78, 5) is 41.7. The van der Waals surface area contributed by atoms with Crippen LogP contribution in [0.5, 0.6) is 0 Å². The van der Waals surface area contributed by atoms with E-state index in [4.69, 9.17) is 75.0 Å². The van der Waals surface area contributed by atoms with Gasteiger partial charge >= 0.3 is 211 Å². The number of rotatable bonds is 0. The largest absolute Gasteiger partial charge is 3.00 e. The first kappa shape index (κ1) is 114. The maximum atomic E-state index is 8.33. The molecule has 0 saturated heterocycles. The molecule has 0 saturated carbocycles. The van der Waals surface area contributed by atoms with Gasteiger partial charge in [0, 0.05) is 0 Å². The summed E-state index contributed by atoms with van der Waals surface area (Å²) in [5.41, 5.74) is 0. The first-order valence-corrected chi connectivity index (χ1v) is 3.06. The second kappa shape index (κ2) is 104. The molecule has 0 unspecified atom stereocenters. The van der Waals surface area contributed by atoms with Crippen molar-refractivity contribution in [1.82, 2.24) is 0 Å². The van der Waals surface area contributed by atoms with Crippen molar-refractivity contribution in [3.05, 3.63) is 0 Å². The molecule has 15 nitrogen and oxygen atoms in total. The third-order valence-corrected chi connectivity index (χ3v) is 0. The van der Waals surface area contributed by atoms with Gasteiger partial charge in [0.2, 0.25) is 0 Å². The molecule has 0 aromatic heterocycles. The second-order valence-corrected chi connectivity index (χ2v) is 1.25. The fourth-order valence-electron chi connectivity index (χ4n) is 0. The predicted octanol–water partition coefficient (Wildman–Crippen LogP) is -28.4. The van der Waals surface area contributed by atoms with E-state index in [1.165, 1.54) is 0 Å². The number of hydrogen-bond acceptors (Lipinski definition) is 15. The van der Waals surface area contributed by atoms with Gasteiger partial charge in [0.25, 0.3) is 0 Å². The van der Waals surface area contributed by atoms with Gasteiger partial charge in [-0.25, -0.2) is 0 Å². The zero-order valence-electron chi connectivity index (χ0n) is 14.4. The van der Waals surface area contributed by atoms with Crippen LogP contribution in [0.2, 0.25) is 0 Å².